The number of nitrogens with one attached hydrogen (secondary N) is 1. The van der Waals surface area contributed by atoms with Gasteiger partial charge in [-0.05, 0) is 43.3 Å². The van der Waals surface area contributed by atoms with E-state index in [0.717, 1.165) is 38.4 Å². The molecule has 1 fully saturated rings. The summed E-state index contributed by atoms with van der Waals surface area (Å²) in [5.74, 6) is 0.772. The number of morpholine rings is 1. The maximum Gasteiger partial charge on any atom is 0.237 e. The Bertz CT molecular complexity index is 1100. The topological polar surface area (TPSA) is 81.5 Å². The van der Waals surface area contributed by atoms with Gasteiger partial charge < -0.3 is 19.4 Å². The van der Waals surface area contributed by atoms with Crippen molar-refractivity contribution in [3.8, 4) is 17.1 Å². The molecule has 4 rings (SSSR count). The van der Waals surface area contributed by atoms with E-state index >= 15 is 0 Å². The van der Waals surface area contributed by atoms with Gasteiger partial charge in [-0.25, -0.2) is 4.39 Å². The van der Waals surface area contributed by atoms with Gasteiger partial charge in [0.1, 0.15) is 11.6 Å². The van der Waals surface area contributed by atoms with E-state index in [1.807, 2.05) is 23.6 Å². The second kappa shape index (κ2) is 11.5. The average Bonchev–Trinajstić information content (AvgIpc) is 3.26. The third-order valence-corrected chi connectivity index (χ3v) is 6.66. The second-order valence-corrected chi connectivity index (χ2v) is 9.18. The first-order valence-electron chi connectivity index (χ1n) is 11.1. The number of para-hydroxylation sites is 2. The molecule has 34 heavy (non-hydrogen) atoms. The van der Waals surface area contributed by atoms with Crippen LogP contribution >= 0.6 is 11.8 Å². The number of methoxy groups -OCH3 is 1. The van der Waals surface area contributed by atoms with Gasteiger partial charge in [-0.15, -0.1) is 10.2 Å². The molecule has 180 valence electrons. The molecule has 1 amide bonds. The smallest absolute Gasteiger partial charge is 0.237 e. The van der Waals surface area contributed by atoms with Crippen LogP contribution in [-0.2, 0) is 16.1 Å². The number of benzene rings is 2. The van der Waals surface area contributed by atoms with Crippen LogP contribution in [-0.4, -0.2) is 70.8 Å². The van der Waals surface area contributed by atoms with Crippen molar-refractivity contribution >= 4 is 23.4 Å². The Balaban J connectivity index is 1.52. The molecule has 0 saturated carbocycles. The van der Waals surface area contributed by atoms with Crippen molar-refractivity contribution in [3.63, 3.8) is 0 Å². The molecule has 1 N–H and O–H groups in total. The van der Waals surface area contributed by atoms with Crippen LogP contribution < -0.4 is 10.1 Å². The van der Waals surface area contributed by atoms with Crippen LogP contribution in [0.4, 0.5) is 10.1 Å². The highest BCUT2D eigenvalue weighted by Gasteiger charge is 2.22. The molecule has 1 aliphatic heterocycles. The lowest BCUT2D eigenvalue weighted by Gasteiger charge is -2.27. The maximum absolute atomic E-state index is 13.5. The van der Waals surface area contributed by atoms with Crippen LogP contribution in [0.1, 0.15) is 6.92 Å². The normalized spacial score (nSPS) is 15.1. The van der Waals surface area contributed by atoms with E-state index in [-0.39, 0.29) is 11.7 Å². The SMILES string of the molecule is COc1ccccc1NC(=O)C(C)Sc1nnc(-c2ccc(F)cc2)n1CCN1CCOCC1. The zero-order valence-electron chi connectivity index (χ0n) is 19.2. The Morgan fingerprint density at radius 3 is 2.62 bits per heavy atom. The van der Waals surface area contributed by atoms with Crippen LogP contribution in [0.25, 0.3) is 11.4 Å². The first kappa shape index (κ1) is 24.2. The Hall–Kier alpha value is -2.95. The third kappa shape index (κ3) is 5.94. The molecule has 1 aliphatic rings. The molecule has 0 spiro atoms. The number of amides is 1. The van der Waals surface area contributed by atoms with Gasteiger partial charge in [-0.3, -0.25) is 9.69 Å². The largest absolute Gasteiger partial charge is 0.495 e. The lowest BCUT2D eigenvalue weighted by molar-refractivity contribution is -0.115. The summed E-state index contributed by atoms with van der Waals surface area (Å²) in [6, 6.07) is 13.5. The number of nitrogens with zero attached hydrogens (tertiary/aromatic N) is 4. The Labute approximate surface area is 202 Å². The molecule has 3 aromatic rings. The van der Waals surface area contributed by atoms with Crippen molar-refractivity contribution in [1.29, 1.82) is 0 Å². The standard InChI is InChI=1S/C24H28FN5O3S/c1-17(23(31)26-20-5-3-4-6-21(20)32-2)34-24-28-27-22(18-7-9-19(25)10-8-18)30(24)12-11-29-13-15-33-16-14-29/h3-10,17H,11-16H2,1-2H3,(H,26,31). The quantitative estimate of drug-likeness (QED) is 0.464. The fraction of sp³-hybridized carbons (Fsp3) is 0.375. The first-order chi connectivity index (χ1) is 16.5. The fourth-order valence-corrected chi connectivity index (χ4v) is 4.53. The highest BCUT2D eigenvalue weighted by molar-refractivity contribution is 8.00. The van der Waals surface area contributed by atoms with Crippen LogP contribution in [0.15, 0.2) is 53.7 Å². The van der Waals surface area contributed by atoms with Gasteiger partial charge in [0, 0.05) is 31.7 Å². The van der Waals surface area contributed by atoms with Crippen molar-refractivity contribution in [2.24, 2.45) is 0 Å². The predicted octanol–water partition coefficient (Wildman–Crippen LogP) is 3.54. The summed E-state index contributed by atoms with van der Waals surface area (Å²) in [4.78, 5) is 15.2. The van der Waals surface area contributed by atoms with Gasteiger partial charge >= 0.3 is 0 Å². The van der Waals surface area contributed by atoms with Crippen molar-refractivity contribution in [1.82, 2.24) is 19.7 Å². The zero-order chi connectivity index (χ0) is 23.9. The molecule has 1 saturated heterocycles. The Kier molecular flexibility index (Phi) is 8.15. The van der Waals surface area contributed by atoms with Crippen LogP contribution in [0, 0.1) is 5.82 Å². The molecule has 1 aromatic heterocycles. The minimum atomic E-state index is -0.433. The number of anilines is 1. The summed E-state index contributed by atoms with van der Waals surface area (Å²) in [5.41, 5.74) is 1.39. The van der Waals surface area contributed by atoms with Crippen molar-refractivity contribution in [2.75, 3.05) is 45.3 Å². The lowest BCUT2D eigenvalue weighted by atomic mass is 10.2. The van der Waals surface area contributed by atoms with Gasteiger partial charge in [0.2, 0.25) is 5.91 Å². The average molecular weight is 486 g/mol. The number of hydrogen-bond acceptors (Lipinski definition) is 7. The van der Waals surface area contributed by atoms with Gasteiger partial charge in [0.25, 0.3) is 0 Å². The first-order valence-corrected chi connectivity index (χ1v) is 12.0. The van der Waals surface area contributed by atoms with Crippen molar-refractivity contribution in [2.45, 2.75) is 23.9 Å². The number of thioether (sulfide) groups is 1. The molecule has 0 bridgehead atoms. The third-order valence-electron chi connectivity index (χ3n) is 5.58. The molecular formula is C24H28FN5O3S. The van der Waals surface area contributed by atoms with E-state index < -0.39 is 5.25 Å². The Morgan fingerprint density at radius 1 is 1.15 bits per heavy atom. The number of aromatic nitrogens is 3. The highest BCUT2D eigenvalue weighted by atomic mass is 32.2. The summed E-state index contributed by atoms with van der Waals surface area (Å²) >= 11 is 1.34. The summed E-state index contributed by atoms with van der Waals surface area (Å²) in [7, 11) is 1.57. The van der Waals surface area contributed by atoms with Gasteiger partial charge in [0.15, 0.2) is 11.0 Å². The molecular weight excluding hydrogens is 457 g/mol. The van der Waals surface area contributed by atoms with Gasteiger partial charge in [-0.2, -0.15) is 0 Å². The minimum absolute atomic E-state index is 0.166. The maximum atomic E-state index is 13.5. The molecule has 8 nitrogen and oxygen atoms in total. The highest BCUT2D eigenvalue weighted by Crippen LogP contribution is 2.29. The van der Waals surface area contributed by atoms with Crippen molar-refractivity contribution in [3.05, 3.63) is 54.3 Å². The summed E-state index contributed by atoms with van der Waals surface area (Å²) in [6.07, 6.45) is 0. The zero-order valence-corrected chi connectivity index (χ0v) is 20.1. The number of rotatable bonds is 9. The van der Waals surface area contributed by atoms with E-state index in [1.165, 1.54) is 23.9 Å². The van der Waals surface area contributed by atoms with Gasteiger partial charge in [0.05, 0.1) is 31.3 Å². The number of halogens is 1. The minimum Gasteiger partial charge on any atom is -0.495 e. The van der Waals surface area contributed by atoms with E-state index in [0.29, 0.717) is 29.0 Å². The molecule has 0 aliphatic carbocycles. The summed E-state index contributed by atoms with van der Waals surface area (Å²) in [6.45, 7) is 6.44. The fourth-order valence-electron chi connectivity index (χ4n) is 3.65. The molecule has 10 heteroatoms. The van der Waals surface area contributed by atoms with Gasteiger partial charge in [-0.1, -0.05) is 23.9 Å². The second-order valence-electron chi connectivity index (χ2n) is 7.87. The number of carbonyl (C=O) groups is 1. The number of ether oxygens (including phenoxy) is 2. The molecule has 0 radical (unpaired) electrons. The lowest BCUT2D eigenvalue weighted by Crippen LogP contribution is -2.38. The van der Waals surface area contributed by atoms with E-state index in [1.54, 1.807) is 31.4 Å². The predicted molar refractivity (Wildman–Crippen MR) is 130 cm³/mol. The monoisotopic (exact) mass is 485 g/mol. The molecule has 1 atom stereocenters. The number of carbonyl (C=O) groups excluding carboxylic acids is 1. The molecule has 2 heterocycles. The number of hydrogen-bond donors (Lipinski definition) is 1. The van der Waals surface area contributed by atoms with Crippen molar-refractivity contribution < 1.29 is 18.7 Å². The van der Waals surface area contributed by atoms with E-state index in [9.17, 15) is 9.18 Å². The Morgan fingerprint density at radius 2 is 1.88 bits per heavy atom. The van der Waals surface area contributed by atoms with Crippen LogP contribution in [0.2, 0.25) is 0 Å². The van der Waals surface area contributed by atoms with Crippen LogP contribution in [0.5, 0.6) is 5.75 Å². The van der Waals surface area contributed by atoms with Crippen LogP contribution in [0.3, 0.4) is 0 Å². The molecule has 2 aromatic carbocycles. The van der Waals surface area contributed by atoms with E-state index in [2.05, 4.69) is 20.4 Å². The summed E-state index contributed by atoms with van der Waals surface area (Å²) < 4.78 is 26.2. The molecule has 1 unspecified atom stereocenters. The summed E-state index contributed by atoms with van der Waals surface area (Å²) in [5, 5.41) is 11.9. The van der Waals surface area contributed by atoms with E-state index in [4.69, 9.17) is 9.47 Å².